The molecular weight excluding hydrogens is 420 g/mol. The molecule has 28 heavy (non-hydrogen) atoms. The van der Waals surface area contributed by atoms with Crippen LogP contribution < -0.4 is 14.8 Å². The molecule has 0 aliphatic rings. The second-order valence-electron chi connectivity index (χ2n) is 5.55. The SMILES string of the molecule is COc1cnc(CSc2nnc(C)s2)cc1OCC(=O)Nc1cccc(Cl)c1. The Hall–Kier alpha value is -2.36. The van der Waals surface area contributed by atoms with Crippen molar-refractivity contribution in [1.29, 1.82) is 0 Å². The van der Waals surface area contributed by atoms with E-state index in [0.717, 1.165) is 15.0 Å². The number of halogens is 1. The third kappa shape index (κ3) is 5.82. The lowest BCUT2D eigenvalue weighted by molar-refractivity contribution is -0.118. The summed E-state index contributed by atoms with van der Waals surface area (Å²) in [4.78, 5) is 16.5. The fourth-order valence-corrected chi connectivity index (χ4v) is 4.10. The number of nitrogens with one attached hydrogen (secondary N) is 1. The molecular formula is C18H17ClN4O3S2. The highest BCUT2D eigenvalue weighted by Crippen LogP contribution is 2.30. The highest BCUT2D eigenvalue weighted by Gasteiger charge is 2.11. The van der Waals surface area contributed by atoms with Crippen LogP contribution in [0, 0.1) is 6.92 Å². The number of carbonyl (C=O) groups excluding carboxylic acids is 1. The number of ether oxygens (including phenoxy) is 2. The summed E-state index contributed by atoms with van der Waals surface area (Å²) in [6.07, 6.45) is 1.57. The van der Waals surface area contributed by atoms with Crippen molar-refractivity contribution in [3.63, 3.8) is 0 Å². The molecule has 0 spiro atoms. The lowest BCUT2D eigenvalue weighted by Crippen LogP contribution is -2.20. The van der Waals surface area contributed by atoms with Gasteiger partial charge in [0.25, 0.3) is 5.91 Å². The van der Waals surface area contributed by atoms with E-state index in [2.05, 4.69) is 20.5 Å². The maximum Gasteiger partial charge on any atom is 0.262 e. The van der Waals surface area contributed by atoms with Gasteiger partial charge in [-0.25, -0.2) is 0 Å². The lowest BCUT2D eigenvalue weighted by Gasteiger charge is -2.12. The largest absolute Gasteiger partial charge is 0.491 e. The number of nitrogens with zero attached hydrogens (tertiary/aromatic N) is 3. The van der Waals surface area contributed by atoms with Gasteiger partial charge >= 0.3 is 0 Å². The second-order valence-corrected chi connectivity index (χ2v) is 8.39. The summed E-state index contributed by atoms with van der Waals surface area (Å²) in [6.45, 7) is 1.74. The minimum absolute atomic E-state index is 0.172. The van der Waals surface area contributed by atoms with E-state index in [1.54, 1.807) is 36.5 Å². The first-order valence-electron chi connectivity index (χ1n) is 8.17. The van der Waals surface area contributed by atoms with Crippen LogP contribution >= 0.6 is 34.7 Å². The van der Waals surface area contributed by atoms with Gasteiger partial charge in [0.05, 0.1) is 19.0 Å². The van der Waals surface area contributed by atoms with Crippen LogP contribution in [0.15, 0.2) is 40.9 Å². The smallest absolute Gasteiger partial charge is 0.262 e. The van der Waals surface area contributed by atoms with E-state index in [-0.39, 0.29) is 12.5 Å². The van der Waals surface area contributed by atoms with E-state index in [9.17, 15) is 4.79 Å². The fraction of sp³-hybridized carbons (Fsp3) is 0.222. The number of anilines is 1. The number of hydrogen-bond acceptors (Lipinski definition) is 8. The van der Waals surface area contributed by atoms with E-state index in [0.29, 0.717) is 28.0 Å². The van der Waals surface area contributed by atoms with Crippen LogP contribution in [0.3, 0.4) is 0 Å². The van der Waals surface area contributed by atoms with Crippen LogP contribution in [0.2, 0.25) is 5.02 Å². The standard InChI is InChI=1S/C18H17ClN4O3S2/c1-11-22-23-18(28-11)27-10-14-7-15(16(25-2)8-20-14)26-9-17(24)21-13-5-3-4-12(19)6-13/h3-8H,9-10H2,1-2H3,(H,21,24). The average molecular weight is 437 g/mol. The summed E-state index contributed by atoms with van der Waals surface area (Å²) in [7, 11) is 1.52. The van der Waals surface area contributed by atoms with E-state index < -0.39 is 0 Å². The van der Waals surface area contributed by atoms with Crippen LogP contribution in [-0.4, -0.2) is 34.8 Å². The summed E-state index contributed by atoms with van der Waals surface area (Å²) >= 11 is 8.99. The Labute approximate surface area is 175 Å². The van der Waals surface area contributed by atoms with Crippen molar-refractivity contribution < 1.29 is 14.3 Å². The molecule has 0 saturated heterocycles. The van der Waals surface area contributed by atoms with Crippen LogP contribution in [0.1, 0.15) is 10.7 Å². The Morgan fingerprint density at radius 1 is 1.29 bits per heavy atom. The first-order chi connectivity index (χ1) is 13.5. The van der Waals surface area contributed by atoms with E-state index in [4.69, 9.17) is 21.1 Å². The molecule has 2 aromatic heterocycles. The molecule has 10 heteroatoms. The molecule has 0 aliphatic carbocycles. The van der Waals surface area contributed by atoms with Gasteiger partial charge < -0.3 is 14.8 Å². The van der Waals surface area contributed by atoms with Gasteiger partial charge in [-0.05, 0) is 25.1 Å². The first kappa shape index (κ1) is 20.4. The molecule has 1 aromatic carbocycles. The third-order valence-corrected chi connectivity index (χ3v) is 5.67. The summed E-state index contributed by atoms with van der Waals surface area (Å²) in [5.74, 6) is 1.20. The molecule has 0 saturated carbocycles. The minimum atomic E-state index is -0.304. The Morgan fingerprint density at radius 3 is 2.86 bits per heavy atom. The molecule has 0 radical (unpaired) electrons. The number of amides is 1. The highest BCUT2D eigenvalue weighted by molar-refractivity contribution is 8.00. The summed E-state index contributed by atoms with van der Waals surface area (Å²) < 4.78 is 11.8. The van der Waals surface area contributed by atoms with Gasteiger partial charge in [-0.2, -0.15) is 0 Å². The molecule has 3 rings (SSSR count). The predicted molar refractivity (Wildman–Crippen MR) is 111 cm³/mol. The van der Waals surface area contributed by atoms with E-state index in [1.165, 1.54) is 30.2 Å². The van der Waals surface area contributed by atoms with Gasteiger partial charge in [0.1, 0.15) is 5.01 Å². The van der Waals surface area contributed by atoms with E-state index >= 15 is 0 Å². The number of benzene rings is 1. The number of methoxy groups -OCH3 is 1. The molecule has 3 aromatic rings. The maximum atomic E-state index is 12.1. The Balaban J connectivity index is 1.60. The van der Waals surface area contributed by atoms with Crippen molar-refractivity contribution >= 4 is 46.3 Å². The fourth-order valence-electron chi connectivity index (χ4n) is 2.19. The molecule has 7 nitrogen and oxygen atoms in total. The van der Waals surface area contributed by atoms with Gasteiger partial charge in [-0.3, -0.25) is 9.78 Å². The van der Waals surface area contributed by atoms with Crippen LogP contribution in [0.4, 0.5) is 5.69 Å². The number of carbonyl (C=O) groups is 1. The molecule has 1 N–H and O–H groups in total. The van der Waals surface area contributed by atoms with Gasteiger partial charge in [-0.15, -0.1) is 10.2 Å². The topological polar surface area (TPSA) is 86.2 Å². The second kappa shape index (κ2) is 9.72. The summed E-state index contributed by atoms with van der Waals surface area (Å²) in [6, 6.07) is 8.66. The van der Waals surface area contributed by atoms with Crippen molar-refractivity contribution in [3.05, 3.63) is 52.3 Å². The quantitative estimate of drug-likeness (QED) is 0.529. The lowest BCUT2D eigenvalue weighted by atomic mass is 10.3. The van der Waals surface area contributed by atoms with Crippen molar-refractivity contribution in [2.45, 2.75) is 17.0 Å². The van der Waals surface area contributed by atoms with Crippen LogP contribution in [0.25, 0.3) is 0 Å². The number of rotatable bonds is 8. The third-order valence-electron chi connectivity index (χ3n) is 3.43. The van der Waals surface area contributed by atoms with Crippen molar-refractivity contribution in [3.8, 4) is 11.5 Å². The molecule has 0 aliphatic heterocycles. The Kier molecular flexibility index (Phi) is 7.07. The van der Waals surface area contributed by atoms with Gasteiger partial charge in [0.2, 0.25) is 0 Å². The molecule has 0 atom stereocenters. The summed E-state index contributed by atoms with van der Waals surface area (Å²) in [5.41, 5.74) is 1.39. The highest BCUT2D eigenvalue weighted by atomic mass is 35.5. The maximum absolute atomic E-state index is 12.1. The molecule has 146 valence electrons. The van der Waals surface area contributed by atoms with E-state index in [1.807, 2.05) is 6.92 Å². The molecule has 0 unspecified atom stereocenters. The monoisotopic (exact) mass is 436 g/mol. The number of pyridine rings is 1. The summed E-state index contributed by atoms with van der Waals surface area (Å²) in [5, 5.41) is 12.3. The first-order valence-corrected chi connectivity index (χ1v) is 10.4. The number of hydrogen-bond donors (Lipinski definition) is 1. The number of aromatic nitrogens is 3. The number of thioether (sulfide) groups is 1. The zero-order valence-corrected chi connectivity index (χ0v) is 17.5. The van der Waals surface area contributed by atoms with Crippen molar-refractivity contribution in [2.24, 2.45) is 0 Å². The zero-order chi connectivity index (χ0) is 19.9. The molecule has 0 fully saturated rings. The molecule has 0 bridgehead atoms. The van der Waals surface area contributed by atoms with Gasteiger partial charge in [0, 0.05) is 22.5 Å². The minimum Gasteiger partial charge on any atom is -0.491 e. The molecule has 1 amide bonds. The normalized spacial score (nSPS) is 10.5. The number of aryl methyl sites for hydroxylation is 1. The van der Waals surface area contributed by atoms with Crippen molar-refractivity contribution in [1.82, 2.24) is 15.2 Å². The van der Waals surface area contributed by atoms with Gasteiger partial charge in [-0.1, -0.05) is 40.8 Å². The average Bonchev–Trinajstić information content (AvgIpc) is 3.10. The van der Waals surface area contributed by atoms with Gasteiger partial charge in [0.15, 0.2) is 22.4 Å². The van der Waals surface area contributed by atoms with Crippen LogP contribution in [0.5, 0.6) is 11.5 Å². The van der Waals surface area contributed by atoms with Crippen molar-refractivity contribution in [2.75, 3.05) is 19.0 Å². The predicted octanol–water partition coefficient (Wildman–Crippen LogP) is 4.21. The zero-order valence-electron chi connectivity index (χ0n) is 15.1. The Bertz CT molecular complexity index is 968. The van der Waals surface area contributed by atoms with Crippen LogP contribution in [-0.2, 0) is 10.5 Å². The Morgan fingerprint density at radius 2 is 2.14 bits per heavy atom. The molecule has 2 heterocycles.